The molecule has 0 aliphatic heterocycles. The van der Waals surface area contributed by atoms with Crippen molar-refractivity contribution < 1.29 is 22.4 Å². The minimum Gasteiger partial charge on any atom is -0.350 e. The fraction of sp³-hybridized carbons (Fsp3) is 0.111. The molecule has 1 aromatic rings. The number of carbonyl (C=O) groups excluding carboxylic acids is 1. The Kier molecular flexibility index (Phi) is 2.97. The van der Waals surface area contributed by atoms with Crippen molar-refractivity contribution in [2.24, 2.45) is 0 Å². The third-order valence-corrected chi connectivity index (χ3v) is 1.71. The summed E-state index contributed by atoms with van der Waals surface area (Å²) in [6, 6.07) is 2.47. The Labute approximate surface area is 82.9 Å². The van der Waals surface area contributed by atoms with Gasteiger partial charge in [0, 0.05) is 7.05 Å². The van der Waals surface area contributed by atoms with Crippen LogP contribution >= 0.6 is 0 Å². The van der Waals surface area contributed by atoms with Gasteiger partial charge in [-0.05, 0) is 12.1 Å². The van der Waals surface area contributed by atoms with E-state index >= 15 is 0 Å². The normalized spacial score (nSPS) is 11.3. The van der Waals surface area contributed by atoms with Crippen LogP contribution in [0.5, 0.6) is 0 Å². The summed E-state index contributed by atoms with van der Waals surface area (Å²) in [5.41, 5.74) is -2.15. The van der Waals surface area contributed by atoms with Crippen LogP contribution in [-0.4, -0.2) is 5.91 Å². The molecule has 81 valence electrons. The fourth-order valence-corrected chi connectivity index (χ4v) is 1.02. The van der Waals surface area contributed by atoms with Crippen molar-refractivity contribution >= 4 is 5.91 Å². The van der Waals surface area contributed by atoms with Gasteiger partial charge in [0.15, 0.2) is 0 Å². The number of hydrogen-bond donors (Lipinski definition) is 1. The van der Waals surface area contributed by atoms with Gasteiger partial charge in [-0.2, -0.15) is 13.2 Å². The summed E-state index contributed by atoms with van der Waals surface area (Å²) in [5, 5.41) is 1.80. The molecular weight excluding hydrogens is 214 g/mol. The van der Waals surface area contributed by atoms with E-state index in [0.29, 0.717) is 6.07 Å². The molecule has 0 bridgehead atoms. The van der Waals surface area contributed by atoms with E-state index in [1.165, 1.54) is 0 Å². The zero-order valence-electron chi connectivity index (χ0n) is 7.36. The van der Waals surface area contributed by atoms with Crippen LogP contribution in [0.3, 0.4) is 0 Å². The molecule has 6 heteroatoms. The van der Waals surface area contributed by atoms with Gasteiger partial charge in [-0.25, -0.2) is 4.39 Å². The predicted molar refractivity (Wildman–Crippen MR) is 44.2 cm³/mol. The van der Waals surface area contributed by atoms with Crippen LogP contribution < -0.4 is 5.32 Å². The summed E-state index contributed by atoms with van der Waals surface area (Å²) < 4.78 is 49.8. The zero-order chi connectivity index (χ0) is 11.6. The SMILES string of the molecule is [CH2]NC(=O)c1cccc(C(F)(F)F)c1F. The second-order valence-electron chi connectivity index (χ2n) is 2.67. The molecule has 0 aliphatic carbocycles. The van der Waals surface area contributed by atoms with E-state index < -0.39 is 29.0 Å². The van der Waals surface area contributed by atoms with Crippen molar-refractivity contribution in [3.05, 3.63) is 42.2 Å². The molecule has 1 amide bonds. The lowest BCUT2D eigenvalue weighted by Gasteiger charge is -2.09. The molecule has 1 aromatic carbocycles. The van der Waals surface area contributed by atoms with Gasteiger partial charge in [-0.1, -0.05) is 6.07 Å². The first kappa shape index (κ1) is 11.5. The van der Waals surface area contributed by atoms with Gasteiger partial charge in [0.2, 0.25) is 0 Å². The molecular formula is C9H6F4NO. The first-order valence-electron chi connectivity index (χ1n) is 3.81. The minimum absolute atomic E-state index is 0.565. The van der Waals surface area contributed by atoms with Crippen LogP contribution in [-0.2, 0) is 6.18 Å². The van der Waals surface area contributed by atoms with Crippen LogP contribution in [0, 0.1) is 12.9 Å². The molecule has 1 N–H and O–H groups in total. The van der Waals surface area contributed by atoms with Gasteiger partial charge >= 0.3 is 6.18 Å². The Morgan fingerprint density at radius 2 is 1.93 bits per heavy atom. The highest BCUT2D eigenvalue weighted by atomic mass is 19.4. The number of benzene rings is 1. The van der Waals surface area contributed by atoms with Gasteiger partial charge in [0.1, 0.15) is 5.82 Å². The topological polar surface area (TPSA) is 29.1 Å². The molecule has 1 rings (SSSR count). The smallest absolute Gasteiger partial charge is 0.350 e. The molecule has 0 aliphatic rings. The maximum absolute atomic E-state index is 13.2. The third kappa shape index (κ3) is 2.26. The molecule has 15 heavy (non-hydrogen) atoms. The summed E-state index contributed by atoms with van der Waals surface area (Å²) in [5.74, 6) is -2.59. The van der Waals surface area contributed by atoms with Crippen molar-refractivity contribution in [1.82, 2.24) is 5.32 Å². The summed E-state index contributed by atoms with van der Waals surface area (Å²) in [6.07, 6.45) is -4.82. The van der Waals surface area contributed by atoms with Crippen LogP contribution in [0.1, 0.15) is 15.9 Å². The number of nitrogens with one attached hydrogen (secondary N) is 1. The largest absolute Gasteiger partial charge is 0.419 e. The summed E-state index contributed by atoms with van der Waals surface area (Å²) >= 11 is 0. The van der Waals surface area contributed by atoms with E-state index in [1.807, 2.05) is 0 Å². The van der Waals surface area contributed by atoms with Gasteiger partial charge in [0.05, 0.1) is 11.1 Å². The number of alkyl halides is 3. The van der Waals surface area contributed by atoms with Crippen LogP contribution in [0.15, 0.2) is 18.2 Å². The average molecular weight is 220 g/mol. The van der Waals surface area contributed by atoms with Crippen molar-refractivity contribution in [3.63, 3.8) is 0 Å². The zero-order valence-corrected chi connectivity index (χ0v) is 7.36. The fourth-order valence-electron chi connectivity index (χ4n) is 1.02. The van der Waals surface area contributed by atoms with Gasteiger partial charge < -0.3 is 5.32 Å². The first-order valence-corrected chi connectivity index (χ1v) is 3.81. The summed E-state index contributed by atoms with van der Waals surface area (Å²) in [4.78, 5) is 10.9. The molecule has 1 radical (unpaired) electrons. The van der Waals surface area contributed by atoms with E-state index in [4.69, 9.17) is 0 Å². The highest BCUT2D eigenvalue weighted by molar-refractivity contribution is 5.94. The predicted octanol–water partition coefficient (Wildman–Crippen LogP) is 2.37. The van der Waals surface area contributed by atoms with Crippen molar-refractivity contribution in [2.75, 3.05) is 0 Å². The molecule has 0 unspecified atom stereocenters. The monoisotopic (exact) mass is 220 g/mol. The number of hydrogen-bond acceptors (Lipinski definition) is 1. The first-order chi connectivity index (χ1) is 6.88. The van der Waals surface area contributed by atoms with Gasteiger partial charge in [0.25, 0.3) is 5.91 Å². The Bertz CT molecular complexity index is 386. The molecule has 2 nitrogen and oxygen atoms in total. The van der Waals surface area contributed by atoms with Gasteiger partial charge in [-0.15, -0.1) is 0 Å². The molecule has 0 fully saturated rings. The van der Waals surface area contributed by atoms with E-state index in [-0.39, 0.29) is 0 Å². The van der Waals surface area contributed by atoms with E-state index in [2.05, 4.69) is 7.05 Å². The van der Waals surface area contributed by atoms with Crippen LogP contribution in [0.2, 0.25) is 0 Å². The molecule has 0 saturated carbocycles. The van der Waals surface area contributed by atoms with E-state index in [9.17, 15) is 22.4 Å². The number of halogens is 4. The van der Waals surface area contributed by atoms with Crippen molar-refractivity contribution in [1.29, 1.82) is 0 Å². The Morgan fingerprint density at radius 3 is 2.40 bits per heavy atom. The molecule has 0 heterocycles. The summed E-state index contributed by atoms with van der Waals surface area (Å²) in [6.45, 7) is 0. The Balaban J connectivity index is 3.30. The number of amides is 1. The Morgan fingerprint density at radius 1 is 1.33 bits per heavy atom. The van der Waals surface area contributed by atoms with Gasteiger partial charge in [-0.3, -0.25) is 4.79 Å². The maximum atomic E-state index is 13.2. The molecule has 0 atom stereocenters. The van der Waals surface area contributed by atoms with Crippen LogP contribution in [0.25, 0.3) is 0 Å². The second kappa shape index (κ2) is 3.88. The lowest BCUT2D eigenvalue weighted by Crippen LogP contribution is -2.19. The van der Waals surface area contributed by atoms with E-state index in [1.54, 1.807) is 5.32 Å². The second-order valence-corrected chi connectivity index (χ2v) is 2.67. The molecule has 0 spiro atoms. The quantitative estimate of drug-likeness (QED) is 0.723. The van der Waals surface area contributed by atoms with Crippen molar-refractivity contribution in [2.45, 2.75) is 6.18 Å². The maximum Gasteiger partial charge on any atom is 0.419 e. The lowest BCUT2D eigenvalue weighted by molar-refractivity contribution is -0.140. The highest BCUT2D eigenvalue weighted by Crippen LogP contribution is 2.32. The average Bonchev–Trinajstić information content (AvgIpc) is 2.15. The molecule has 0 saturated heterocycles. The van der Waals surface area contributed by atoms with Crippen molar-refractivity contribution in [3.8, 4) is 0 Å². The minimum atomic E-state index is -4.82. The number of carbonyl (C=O) groups is 1. The number of rotatable bonds is 1. The van der Waals surface area contributed by atoms with E-state index in [0.717, 1.165) is 12.1 Å². The third-order valence-electron chi connectivity index (χ3n) is 1.71. The van der Waals surface area contributed by atoms with Crippen LogP contribution in [0.4, 0.5) is 17.6 Å². The lowest BCUT2D eigenvalue weighted by atomic mass is 10.1. The standard InChI is InChI=1S/C9H6F4NO/c1-14-8(15)5-3-2-4-6(7(5)10)9(11,12)13/h2-4H,1H2,(H,14,15). The Hall–Kier alpha value is -1.59. The highest BCUT2D eigenvalue weighted by Gasteiger charge is 2.35. The molecule has 0 aromatic heterocycles. The summed E-state index contributed by atoms with van der Waals surface area (Å²) in [7, 11) is 2.95.